The quantitative estimate of drug-likeness (QED) is 0.289. The third-order valence-electron chi connectivity index (χ3n) is 3.17. The van der Waals surface area contributed by atoms with Crippen molar-refractivity contribution < 1.29 is 4.79 Å². The van der Waals surface area contributed by atoms with Gasteiger partial charge in [-0.05, 0) is 43.5 Å². The Hall–Kier alpha value is -0.260. The maximum atomic E-state index is 10.6. The summed E-state index contributed by atoms with van der Waals surface area (Å²) in [6.07, 6.45) is 6.62. The normalized spacial score (nSPS) is 25.4. The van der Waals surface area contributed by atoms with E-state index in [1.807, 2.05) is 0 Å². The minimum absolute atomic E-state index is 0.0593. The van der Waals surface area contributed by atoms with Crippen LogP contribution in [-0.2, 0) is 4.79 Å². The van der Waals surface area contributed by atoms with E-state index in [1.165, 1.54) is 51.0 Å². The van der Waals surface area contributed by atoms with Gasteiger partial charge in [0.05, 0.1) is 5.88 Å². The summed E-state index contributed by atoms with van der Waals surface area (Å²) in [5.74, 6) is 1.72. The first-order valence-corrected chi connectivity index (χ1v) is 7.07. The van der Waals surface area contributed by atoms with Crippen LogP contribution in [-0.4, -0.2) is 17.8 Å². The predicted molar refractivity (Wildman–Crippen MR) is 68.6 cm³/mol. The van der Waals surface area contributed by atoms with Crippen molar-refractivity contribution in [2.75, 3.05) is 5.88 Å². The van der Waals surface area contributed by atoms with Crippen LogP contribution in [0, 0.1) is 5.92 Å². The minimum Gasteiger partial charge on any atom is -0.304 e. The van der Waals surface area contributed by atoms with E-state index in [0.29, 0.717) is 6.04 Å². The summed E-state index contributed by atoms with van der Waals surface area (Å²) < 4.78 is 0. The Morgan fingerprint density at radius 3 is 2.56 bits per heavy atom. The van der Waals surface area contributed by atoms with Crippen LogP contribution in [0.25, 0.3) is 0 Å². The molecule has 0 aliphatic heterocycles. The van der Waals surface area contributed by atoms with E-state index in [1.54, 1.807) is 0 Å². The second-order valence-electron chi connectivity index (χ2n) is 4.40. The molecule has 1 rings (SSSR count). The highest BCUT2D eigenvalue weighted by molar-refractivity contribution is 7.97. The van der Waals surface area contributed by atoms with E-state index in [9.17, 15) is 4.79 Å². The van der Waals surface area contributed by atoms with Crippen LogP contribution in [0.15, 0.2) is 0 Å². The molecule has 0 bridgehead atoms. The molecule has 1 aliphatic carbocycles. The van der Waals surface area contributed by atoms with E-state index >= 15 is 0 Å². The molecule has 0 aromatic carbocycles. The van der Waals surface area contributed by atoms with Crippen molar-refractivity contribution in [1.82, 2.24) is 15.6 Å². The van der Waals surface area contributed by atoms with E-state index in [2.05, 4.69) is 22.5 Å². The van der Waals surface area contributed by atoms with Crippen molar-refractivity contribution in [2.24, 2.45) is 5.92 Å². The van der Waals surface area contributed by atoms with Crippen LogP contribution < -0.4 is 15.6 Å². The van der Waals surface area contributed by atoms with Gasteiger partial charge in [0.2, 0.25) is 5.91 Å². The fourth-order valence-electron chi connectivity index (χ4n) is 2.08. The van der Waals surface area contributed by atoms with Gasteiger partial charge in [0.25, 0.3) is 0 Å². The maximum absolute atomic E-state index is 10.6. The van der Waals surface area contributed by atoms with Gasteiger partial charge in [0.1, 0.15) is 0 Å². The van der Waals surface area contributed by atoms with Crippen molar-refractivity contribution in [1.29, 1.82) is 0 Å². The zero-order chi connectivity index (χ0) is 11.8. The van der Waals surface area contributed by atoms with Crippen molar-refractivity contribution in [3.8, 4) is 0 Å². The van der Waals surface area contributed by atoms with Gasteiger partial charge < -0.3 is 5.32 Å². The maximum Gasteiger partial charge on any atom is 0.231 e. The predicted octanol–water partition coefficient (Wildman–Crippen LogP) is 1.79. The lowest BCUT2D eigenvalue weighted by molar-refractivity contribution is -0.119. The number of hydrazine groups is 1. The second-order valence-corrected chi connectivity index (χ2v) is 5.18. The third kappa shape index (κ3) is 5.72. The Bertz CT molecular complexity index is 205. The molecule has 0 spiro atoms. The number of nitrogens with one attached hydrogen (secondary N) is 3. The summed E-state index contributed by atoms with van der Waals surface area (Å²) >= 11 is 1.49. The van der Waals surface area contributed by atoms with Crippen LogP contribution in [0.5, 0.6) is 0 Å². The lowest BCUT2D eigenvalue weighted by atomic mass is 9.85. The molecule has 0 aromatic rings. The van der Waals surface area contributed by atoms with Crippen LogP contribution in [0.1, 0.15) is 46.0 Å². The molecule has 0 heterocycles. The Morgan fingerprint density at radius 1 is 1.31 bits per heavy atom. The first-order chi connectivity index (χ1) is 7.72. The van der Waals surface area contributed by atoms with E-state index in [4.69, 9.17) is 0 Å². The summed E-state index contributed by atoms with van der Waals surface area (Å²) in [7, 11) is 0. The largest absolute Gasteiger partial charge is 0.304 e. The van der Waals surface area contributed by atoms with Crippen molar-refractivity contribution in [2.45, 2.75) is 52.0 Å². The van der Waals surface area contributed by atoms with E-state index in [0.717, 1.165) is 11.8 Å². The standard InChI is InChI=1S/C11H23N3OS/c1-3-10-4-6-11(7-5-10)12-8-16-14-13-9(2)15/h10-12,14H,3-8H2,1-2H3,(H,13,15). The molecule has 94 valence electrons. The molecule has 0 saturated heterocycles. The van der Waals surface area contributed by atoms with Crippen LogP contribution in [0.2, 0.25) is 0 Å². The number of hydrogen-bond donors (Lipinski definition) is 3. The molecular formula is C11H23N3OS. The number of amides is 1. The molecule has 16 heavy (non-hydrogen) atoms. The number of carbonyl (C=O) groups excluding carboxylic acids is 1. The Morgan fingerprint density at radius 2 is 2.00 bits per heavy atom. The lowest BCUT2D eigenvalue weighted by Crippen LogP contribution is -2.36. The van der Waals surface area contributed by atoms with Gasteiger partial charge in [-0.1, -0.05) is 13.3 Å². The van der Waals surface area contributed by atoms with E-state index < -0.39 is 0 Å². The third-order valence-corrected chi connectivity index (χ3v) is 3.72. The first kappa shape index (κ1) is 13.8. The molecule has 4 nitrogen and oxygen atoms in total. The number of hydrogen-bond acceptors (Lipinski definition) is 4. The van der Waals surface area contributed by atoms with Crippen LogP contribution >= 0.6 is 11.9 Å². The second kappa shape index (κ2) is 7.92. The highest BCUT2D eigenvalue weighted by Gasteiger charge is 2.18. The highest BCUT2D eigenvalue weighted by Crippen LogP contribution is 2.26. The monoisotopic (exact) mass is 245 g/mol. The minimum atomic E-state index is -0.0593. The fourth-order valence-corrected chi connectivity index (χ4v) is 2.69. The molecule has 1 fully saturated rings. The molecule has 1 saturated carbocycles. The molecule has 3 N–H and O–H groups in total. The van der Waals surface area contributed by atoms with Crippen LogP contribution in [0.3, 0.4) is 0 Å². The van der Waals surface area contributed by atoms with Gasteiger partial charge in [0, 0.05) is 13.0 Å². The summed E-state index contributed by atoms with van der Waals surface area (Å²) in [4.78, 5) is 13.4. The van der Waals surface area contributed by atoms with Crippen molar-refractivity contribution in [3.05, 3.63) is 0 Å². The molecule has 0 unspecified atom stereocenters. The van der Waals surface area contributed by atoms with Gasteiger partial charge in [0.15, 0.2) is 0 Å². The summed E-state index contributed by atoms with van der Waals surface area (Å²) in [6.45, 7) is 3.78. The Labute approximate surface area is 102 Å². The molecule has 5 heteroatoms. The van der Waals surface area contributed by atoms with Gasteiger partial charge in [-0.3, -0.25) is 10.2 Å². The lowest BCUT2D eigenvalue weighted by Gasteiger charge is -2.28. The molecule has 1 amide bonds. The smallest absolute Gasteiger partial charge is 0.231 e. The van der Waals surface area contributed by atoms with E-state index in [-0.39, 0.29) is 5.91 Å². The molecule has 0 atom stereocenters. The van der Waals surface area contributed by atoms with Gasteiger partial charge in [-0.15, -0.1) is 0 Å². The Balaban J connectivity index is 1.96. The summed E-state index contributed by atoms with van der Waals surface area (Å²) in [6, 6.07) is 0.662. The SMILES string of the molecule is CCC1CCC(NCSNNC(C)=O)CC1. The van der Waals surface area contributed by atoms with Gasteiger partial charge in [-0.25, -0.2) is 0 Å². The molecular weight excluding hydrogens is 222 g/mol. The Kier molecular flexibility index (Phi) is 6.84. The highest BCUT2D eigenvalue weighted by atomic mass is 32.2. The van der Waals surface area contributed by atoms with Crippen LogP contribution in [0.4, 0.5) is 0 Å². The van der Waals surface area contributed by atoms with Gasteiger partial charge >= 0.3 is 0 Å². The first-order valence-electron chi connectivity index (χ1n) is 6.09. The average molecular weight is 245 g/mol. The zero-order valence-corrected chi connectivity index (χ0v) is 11.0. The van der Waals surface area contributed by atoms with Gasteiger partial charge in [-0.2, -0.15) is 4.83 Å². The summed E-state index contributed by atoms with van der Waals surface area (Å²) in [5.41, 5.74) is 2.53. The number of rotatable bonds is 6. The summed E-state index contributed by atoms with van der Waals surface area (Å²) in [5, 5.41) is 3.49. The molecule has 0 aromatic heterocycles. The number of carbonyl (C=O) groups is 1. The fraction of sp³-hybridized carbons (Fsp3) is 0.909. The molecule has 0 radical (unpaired) electrons. The van der Waals surface area contributed by atoms with Crippen molar-refractivity contribution in [3.63, 3.8) is 0 Å². The molecule has 1 aliphatic rings. The zero-order valence-electron chi connectivity index (χ0n) is 10.2. The average Bonchev–Trinajstić information content (AvgIpc) is 2.29. The van der Waals surface area contributed by atoms with Crippen molar-refractivity contribution >= 4 is 17.9 Å². The topological polar surface area (TPSA) is 53.2 Å².